The normalized spacial score (nSPS) is 10.8. The van der Waals surface area contributed by atoms with Crippen molar-refractivity contribution in [3.8, 4) is 0 Å². The topological polar surface area (TPSA) is 68.5 Å². The molecule has 2 aromatic carbocycles. The van der Waals surface area contributed by atoms with E-state index in [1.165, 1.54) is 6.92 Å². The van der Waals surface area contributed by atoms with Crippen LogP contribution in [0.3, 0.4) is 0 Å². The molecule has 24 heavy (non-hydrogen) atoms. The van der Waals surface area contributed by atoms with E-state index in [4.69, 9.17) is 9.15 Å². The van der Waals surface area contributed by atoms with Gasteiger partial charge in [-0.1, -0.05) is 30.3 Å². The fraction of sp³-hybridized carbons (Fsp3) is 0.158. The lowest BCUT2D eigenvalue weighted by atomic mass is 10.1. The summed E-state index contributed by atoms with van der Waals surface area (Å²) in [5.41, 5.74) is 2.41. The standard InChI is InChI=1S/C19H17NO4/c1-12(21)13-6-5-7-14(10-13)20-19(22)18-16(11-23-2)15-8-3-4-9-17(15)24-18/h3-10H,11H2,1-2H3,(H,20,22). The fourth-order valence-corrected chi connectivity index (χ4v) is 2.57. The molecule has 1 aromatic heterocycles. The maximum absolute atomic E-state index is 12.6. The van der Waals surface area contributed by atoms with Gasteiger partial charge in [-0.15, -0.1) is 0 Å². The molecule has 1 heterocycles. The Balaban J connectivity index is 1.95. The SMILES string of the molecule is COCc1c(C(=O)Nc2cccc(C(C)=O)c2)oc2ccccc12. The highest BCUT2D eigenvalue weighted by atomic mass is 16.5. The van der Waals surface area contributed by atoms with E-state index in [9.17, 15) is 9.59 Å². The molecule has 0 unspecified atom stereocenters. The zero-order valence-corrected chi connectivity index (χ0v) is 13.5. The number of furan rings is 1. The minimum absolute atomic E-state index is 0.0603. The van der Waals surface area contributed by atoms with Gasteiger partial charge >= 0.3 is 0 Å². The number of carbonyl (C=O) groups excluding carboxylic acids is 2. The monoisotopic (exact) mass is 323 g/mol. The van der Waals surface area contributed by atoms with Crippen LogP contribution in [0.5, 0.6) is 0 Å². The van der Waals surface area contributed by atoms with Gasteiger partial charge in [-0.3, -0.25) is 9.59 Å². The van der Waals surface area contributed by atoms with Gasteiger partial charge in [-0.25, -0.2) is 0 Å². The number of rotatable bonds is 5. The first-order valence-electron chi connectivity index (χ1n) is 7.52. The summed E-state index contributed by atoms with van der Waals surface area (Å²) < 4.78 is 10.9. The van der Waals surface area contributed by atoms with Crippen LogP contribution in [0.4, 0.5) is 5.69 Å². The molecule has 0 aliphatic rings. The molecule has 0 saturated heterocycles. The third kappa shape index (κ3) is 3.07. The third-order valence-corrected chi connectivity index (χ3v) is 3.72. The Morgan fingerprint density at radius 3 is 2.67 bits per heavy atom. The molecule has 0 atom stereocenters. The van der Waals surface area contributed by atoms with Gasteiger partial charge in [0, 0.05) is 29.3 Å². The Bertz CT molecular complexity index is 911. The van der Waals surface area contributed by atoms with E-state index >= 15 is 0 Å². The summed E-state index contributed by atoms with van der Waals surface area (Å²) in [6.45, 7) is 1.75. The highest BCUT2D eigenvalue weighted by Crippen LogP contribution is 2.27. The van der Waals surface area contributed by atoms with Gasteiger partial charge in [0.1, 0.15) is 5.58 Å². The number of ether oxygens (including phenoxy) is 1. The van der Waals surface area contributed by atoms with Crippen molar-refractivity contribution < 1.29 is 18.7 Å². The molecule has 0 fully saturated rings. The number of nitrogens with one attached hydrogen (secondary N) is 1. The van der Waals surface area contributed by atoms with Crippen molar-refractivity contribution >= 4 is 28.3 Å². The van der Waals surface area contributed by atoms with Crippen LogP contribution < -0.4 is 5.32 Å². The Kier molecular flexibility index (Phi) is 4.44. The molecule has 0 saturated carbocycles. The number of amides is 1. The van der Waals surface area contributed by atoms with Crippen LogP contribution >= 0.6 is 0 Å². The van der Waals surface area contributed by atoms with Crippen LogP contribution in [0.25, 0.3) is 11.0 Å². The molecule has 5 nitrogen and oxygen atoms in total. The molecule has 1 amide bonds. The van der Waals surface area contributed by atoms with Crippen LogP contribution in [-0.2, 0) is 11.3 Å². The number of hydrogen-bond acceptors (Lipinski definition) is 4. The first-order valence-corrected chi connectivity index (χ1v) is 7.52. The van der Waals surface area contributed by atoms with Crippen LogP contribution in [0.2, 0.25) is 0 Å². The first-order chi connectivity index (χ1) is 11.6. The summed E-state index contributed by atoms with van der Waals surface area (Å²) in [4.78, 5) is 24.1. The zero-order chi connectivity index (χ0) is 17.1. The number of hydrogen-bond donors (Lipinski definition) is 1. The van der Waals surface area contributed by atoms with Crippen LogP contribution in [-0.4, -0.2) is 18.8 Å². The predicted octanol–water partition coefficient (Wildman–Crippen LogP) is 4.03. The number of ketones is 1. The number of carbonyl (C=O) groups is 2. The van der Waals surface area contributed by atoms with E-state index in [1.807, 2.05) is 24.3 Å². The van der Waals surface area contributed by atoms with Gasteiger partial charge in [-0.2, -0.15) is 0 Å². The number of Topliss-reactive ketones (excluding diaryl/α,β-unsaturated/α-hetero) is 1. The second-order valence-corrected chi connectivity index (χ2v) is 5.43. The minimum atomic E-state index is -0.376. The largest absolute Gasteiger partial charge is 0.451 e. The summed E-state index contributed by atoms with van der Waals surface area (Å²) in [7, 11) is 1.57. The molecule has 1 N–H and O–H groups in total. The molecule has 0 radical (unpaired) electrons. The van der Waals surface area contributed by atoms with Gasteiger partial charge in [-0.05, 0) is 25.1 Å². The molecular weight excluding hydrogens is 306 g/mol. The average molecular weight is 323 g/mol. The van der Waals surface area contributed by atoms with E-state index in [0.29, 0.717) is 22.4 Å². The Morgan fingerprint density at radius 1 is 1.12 bits per heavy atom. The molecule has 0 bridgehead atoms. The third-order valence-electron chi connectivity index (χ3n) is 3.72. The zero-order valence-electron chi connectivity index (χ0n) is 13.5. The molecule has 3 rings (SSSR count). The molecule has 122 valence electrons. The summed E-state index contributed by atoms with van der Waals surface area (Å²) in [5, 5.41) is 3.62. The second kappa shape index (κ2) is 6.68. The van der Waals surface area contributed by atoms with Crippen molar-refractivity contribution in [1.82, 2.24) is 0 Å². The van der Waals surface area contributed by atoms with E-state index in [1.54, 1.807) is 31.4 Å². The molecule has 3 aromatic rings. The lowest BCUT2D eigenvalue weighted by Gasteiger charge is -2.06. The van der Waals surface area contributed by atoms with E-state index in [0.717, 1.165) is 5.39 Å². The number of benzene rings is 2. The van der Waals surface area contributed by atoms with Crippen molar-refractivity contribution in [2.45, 2.75) is 13.5 Å². The Hall–Kier alpha value is -2.92. The van der Waals surface area contributed by atoms with Crippen molar-refractivity contribution in [2.24, 2.45) is 0 Å². The van der Waals surface area contributed by atoms with Crippen LogP contribution in [0.1, 0.15) is 33.4 Å². The van der Waals surface area contributed by atoms with Crippen LogP contribution in [0, 0.1) is 0 Å². The maximum Gasteiger partial charge on any atom is 0.291 e. The molecular formula is C19H17NO4. The molecule has 0 aliphatic heterocycles. The van der Waals surface area contributed by atoms with Gasteiger partial charge in [0.05, 0.1) is 6.61 Å². The van der Waals surface area contributed by atoms with Crippen molar-refractivity contribution in [2.75, 3.05) is 12.4 Å². The second-order valence-electron chi connectivity index (χ2n) is 5.43. The fourth-order valence-electron chi connectivity index (χ4n) is 2.57. The Morgan fingerprint density at radius 2 is 1.92 bits per heavy atom. The summed E-state index contributed by atoms with van der Waals surface area (Å²) >= 11 is 0. The van der Waals surface area contributed by atoms with Crippen molar-refractivity contribution in [3.63, 3.8) is 0 Å². The first kappa shape index (κ1) is 16.0. The van der Waals surface area contributed by atoms with Crippen molar-refractivity contribution in [3.05, 3.63) is 65.4 Å². The molecule has 0 aliphatic carbocycles. The number of fused-ring (bicyclic) bond motifs is 1. The van der Waals surface area contributed by atoms with Gasteiger partial charge in [0.15, 0.2) is 11.5 Å². The van der Waals surface area contributed by atoms with E-state index in [-0.39, 0.29) is 24.1 Å². The van der Waals surface area contributed by atoms with Gasteiger partial charge in [0.2, 0.25) is 0 Å². The van der Waals surface area contributed by atoms with E-state index < -0.39 is 0 Å². The minimum Gasteiger partial charge on any atom is -0.451 e. The Labute approximate surface area is 139 Å². The quantitative estimate of drug-likeness (QED) is 0.720. The van der Waals surface area contributed by atoms with Gasteiger partial charge in [0.25, 0.3) is 5.91 Å². The smallest absolute Gasteiger partial charge is 0.291 e. The number of para-hydroxylation sites is 1. The number of anilines is 1. The predicted molar refractivity (Wildman–Crippen MR) is 91.3 cm³/mol. The highest BCUT2D eigenvalue weighted by molar-refractivity contribution is 6.07. The van der Waals surface area contributed by atoms with E-state index in [2.05, 4.69) is 5.32 Å². The maximum atomic E-state index is 12.6. The highest BCUT2D eigenvalue weighted by Gasteiger charge is 2.20. The molecule has 5 heteroatoms. The van der Waals surface area contributed by atoms with Crippen LogP contribution in [0.15, 0.2) is 52.9 Å². The summed E-state index contributed by atoms with van der Waals surface area (Å²) in [5.74, 6) is -0.222. The average Bonchev–Trinajstić information content (AvgIpc) is 2.94. The lowest BCUT2D eigenvalue weighted by molar-refractivity contribution is 0.0988. The van der Waals surface area contributed by atoms with Crippen molar-refractivity contribution in [1.29, 1.82) is 0 Å². The van der Waals surface area contributed by atoms with Gasteiger partial charge < -0.3 is 14.5 Å². The number of methoxy groups -OCH3 is 1. The summed E-state index contributed by atoms with van der Waals surface area (Å²) in [6, 6.07) is 14.2. The summed E-state index contributed by atoms with van der Waals surface area (Å²) in [6.07, 6.45) is 0. The molecule has 0 spiro atoms. The lowest BCUT2D eigenvalue weighted by Crippen LogP contribution is -2.13.